The lowest BCUT2D eigenvalue weighted by Gasteiger charge is -2.30. The number of nitrogen functional groups attached to an aromatic ring is 1. The predicted octanol–water partition coefficient (Wildman–Crippen LogP) is 4.38. The zero-order valence-electron chi connectivity index (χ0n) is 20.0. The van der Waals surface area contributed by atoms with Crippen molar-refractivity contribution in [2.45, 2.75) is 19.3 Å². The number of halogens is 4. The van der Waals surface area contributed by atoms with Crippen LogP contribution in [0.25, 0.3) is 16.6 Å². The van der Waals surface area contributed by atoms with Gasteiger partial charge in [0.25, 0.3) is 5.91 Å². The van der Waals surface area contributed by atoms with Crippen LogP contribution in [0.2, 0.25) is 0 Å². The van der Waals surface area contributed by atoms with E-state index in [0.717, 1.165) is 18.2 Å². The molecule has 11 nitrogen and oxygen atoms in total. The predicted molar refractivity (Wildman–Crippen MR) is 130 cm³/mol. The Morgan fingerprint density at radius 3 is 2.46 bits per heavy atom. The molecule has 0 atom stereocenters. The fourth-order valence-electron chi connectivity index (χ4n) is 4.05. The molecule has 0 saturated heterocycles. The Kier molecular flexibility index (Phi) is 6.22. The summed E-state index contributed by atoms with van der Waals surface area (Å²) >= 11 is 0. The third kappa shape index (κ3) is 4.98. The molecule has 39 heavy (non-hydrogen) atoms. The van der Waals surface area contributed by atoms with Crippen LogP contribution in [-0.2, 0) is 10.8 Å². The van der Waals surface area contributed by atoms with Gasteiger partial charge in [-0.25, -0.2) is 19.0 Å². The van der Waals surface area contributed by atoms with E-state index in [1.54, 1.807) is 31.2 Å². The smallest absolute Gasteiger partial charge is 0.409 e. The maximum Gasteiger partial charge on any atom is 0.540 e. The minimum absolute atomic E-state index is 0.123. The van der Waals surface area contributed by atoms with Gasteiger partial charge in [-0.1, -0.05) is 12.1 Å². The summed E-state index contributed by atoms with van der Waals surface area (Å²) in [6, 6.07) is 8.31. The molecule has 202 valence electrons. The maximum atomic E-state index is 14.0. The number of amides is 3. The molecule has 0 saturated carbocycles. The first-order chi connectivity index (χ1) is 18.5. The van der Waals surface area contributed by atoms with Gasteiger partial charge in [-0.3, -0.25) is 4.79 Å². The van der Waals surface area contributed by atoms with Crippen LogP contribution in [0, 0.1) is 0 Å². The molecule has 5 rings (SSSR count). The molecule has 4 aromatic rings. The maximum absolute atomic E-state index is 14.0. The quantitative estimate of drug-likeness (QED) is 0.272. The first-order valence-corrected chi connectivity index (χ1v) is 11.3. The van der Waals surface area contributed by atoms with Crippen molar-refractivity contribution in [1.82, 2.24) is 19.9 Å². The molecule has 1 aliphatic heterocycles. The lowest BCUT2D eigenvalue weighted by molar-refractivity contribution is -0.461. The van der Waals surface area contributed by atoms with Gasteiger partial charge in [0.2, 0.25) is 0 Å². The molecule has 0 aliphatic carbocycles. The summed E-state index contributed by atoms with van der Waals surface area (Å²) in [7, 11) is 0. The molecule has 2 aromatic heterocycles. The summed E-state index contributed by atoms with van der Waals surface area (Å²) in [4.78, 5) is 29.2. The fourth-order valence-corrected chi connectivity index (χ4v) is 4.05. The van der Waals surface area contributed by atoms with Crippen molar-refractivity contribution >= 4 is 34.6 Å². The number of ether oxygens (including phenoxy) is 2. The van der Waals surface area contributed by atoms with Gasteiger partial charge in [0.1, 0.15) is 17.6 Å². The number of benzene rings is 2. The number of nitrogens with two attached hydrogens (primary N) is 1. The highest BCUT2D eigenvalue weighted by molar-refractivity contribution is 6.07. The van der Waals surface area contributed by atoms with E-state index in [4.69, 9.17) is 5.73 Å². The number of alkyl halides is 4. The van der Waals surface area contributed by atoms with Crippen LogP contribution in [0.1, 0.15) is 22.8 Å². The molecule has 0 radical (unpaired) electrons. The number of urea groups is 1. The number of hydrogen-bond donors (Lipinski definition) is 4. The van der Waals surface area contributed by atoms with Crippen molar-refractivity contribution in [2.75, 3.05) is 22.9 Å². The van der Waals surface area contributed by atoms with E-state index in [1.165, 1.54) is 17.0 Å². The third-order valence-electron chi connectivity index (χ3n) is 5.64. The van der Waals surface area contributed by atoms with Gasteiger partial charge in [-0.15, -0.1) is 8.78 Å². The van der Waals surface area contributed by atoms with Gasteiger partial charge < -0.3 is 26.4 Å². The highest BCUT2D eigenvalue weighted by Crippen LogP contribution is 2.47. The number of carbonyl (C=O) groups is 2. The average molecular weight is 545 g/mol. The van der Waals surface area contributed by atoms with Crippen LogP contribution >= 0.6 is 0 Å². The molecular weight excluding hydrogens is 526 g/mol. The Balaban J connectivity index is 1.36. The van der Waals surface area contributed by atoms with Crippen LogP contribution in [-0.4, -0.2) is 39.4 Å². The molecule has 3 amide bonds. The number of hydrogen-bond acceptors (Lipinski definition) is 7. The highest BCUT2D eigenvalue weighted by Gasteiger charge is 2.54. The van der Waals surface area contributed by atoms with E-state index in [1.807, 2.05) is 0 Å². The summed E-state index contributed by atoms with van der Waals surface area (Å²) in [6.45, 7) is 2.18. The summed E-state index contributed by atoms with van der Waals surface area (Å²) < 4.78 is 63.4. The molecule has 0 bridgehead atoms. The Morgan fingerprint density at radius 2 is 1.74 bits per heavy atom. The molecule has 0 spiro atoms. The minimum atomic E-state index is -4.50. The summed E-state index contributed by atoms with van der Waals surface area (Å²) in [5.74, 6) is -0.963. The molecule has 5 N–H and O–H groups in total. The van der Waals surface area contributed by atoms with E-state index in [9.17, 15) is 27.2 Å². The number of aromatic nitrogens is 3. The summed E-state index contributed by atoms with van der Waals surface area (Å²) in [5.41, 5.74) is 7.09. The number of nitrogens with one attached hydrogen (secondary N) is 3. The largest absolute Gasteiger partial charge is 0.540 e. The lowest BCUT2D eigenvalue weighted by Crippen LogP contribution is -2.41. The topological polar surface area (TPSA) is 145 Å². The number of nitrogens with zero attached hydrogens (tertiary/aromatic N) is 3. The van der Waals surface area contributed by atoms with Gasteiger partial charge in [-0.05, 0) is 42.8 Å². The number of fused-ring (bicyclic) bond motifs is 2. The molecule has 3 heterocycles. The first kappa shape index (κ1) is 25.7. The van der Waals surface area contributed by atoms with Crippen molar-refractivity contribution in [3.05, 3.63) is 66.1 Å². The average Bonchev–Trinajstić information content (AvgIpc) is 3.25. The van der Waals surface area contributed by atoms with Crippen molar-refractivity contribution < 1.29 is 36.6 Å². The van der Waals surface area contributed by atoms with E-state index in [0.29, 0.717) is 34.4 Å². The normalized spacial score (nSPS) is 15.2. The Morgan fingerprint density at radius 1 is 1.05 bits per heavy atom. The van der Waals surface area contributed by atoms with Crippen molar-refractivity contribution in [3.8, 4) is 16.9 Å². The van der Waals surface area contributed by atoms with Crippen LogP contribution in [0.3, 0.4) is 0 Å². The minimum Gasteiger partial charge on any atom is -0.409 e. The second kappa shape index (κ2) is 9.43. The lowest BCUT2D eigenvalue weighted by atomic mass is 10.0. The molecule has 15 heteroatoms. The summed E-state index contributed by atoms with van der Waals surface area (Å²) in [5, 5.41) is 11.7. The van der Waals surface area contributed by atoms with Gasteiger partial charge in [-0.2, -0.15) is 13.9 Å². The summed E-state index contributed by atoms with van der Waals surface area (Å²) in [6.07, 6.45) is -6.04. The zero-order chi connectivity index (χ0) is 27.9. The van der Waals surface area contributed by atoms with Crippen LogP contribution in [0.5, 0.6) is 5.75 Å². The molecule has 2 aromatic carbocycles. The Bertz CT molecular complexity index is 1590. The van der Waals surface area contributed by atoms with E-state index < -0.39 is 29.7 Å². The monoisotopic (exact) mass is 545 g/mol. The van der Waals surface area contributed by atoms with Crippen molar-refractivity contribution in [2.24, 2.45) is 0 Å². The second-order valence-corrected chi connectivity index (χ2v) is 8.27. The highest BCUT2D eigenvalue weighted by atomic mass is 19.3. The van der Waals surface area contributed by atoms with Gasteiger partial charge in [0, 0.05) is 29.7 Å². The molecular formula is C24H19F4N7O4. The zero-order valence-corrected chi connectivity index (χ0v) is 20.0. The van der Waals surface area contributed by atoms with Gasteiger partial charge in [0.15, 0.2) is 5.82 Å². The van der Waals surface area contributed by atoms with E-state index >= 15 is 0 Å². The van der Waals surface area contributed by atoms with Crippen molar-refractivity contribution in [1.29, 1.82) is 0 Å². The standard InChI is InChI=1S/C24H19F4N7O4/c1-2-30-21(36)15-10-35-19(20(29)31-11-32-35)18(15)12-3-5-13(6-4-12)33-22(37)34-14-7-8-17-16(9-14)23(25,26)39-24(27,28)38-17/h3-11H,2H2,1H3,(H,30,36)(H2,29,31,32)(H2,33,34,37). The van der Waals surface area contributed by atoms with Crippen LogP contribution < -0.4 is 26.4 Å². The number of carbonyl (C=O) groups excluding carboxylic acids is 2. The van der Waals surface area contributed by atoms with Crippen LogP contribution in [0.15, 0.2) is 55.0 Å². The van der Waals surface area contributed by atoms with Gasteiger partial charge >= 0.3 is 18.4 Å². The third-order valence-corrected chi connectivity index (χ3v) is 5.64. The molecule has 1 aliphatic rings. The van der Waals surface area contributed by atoms with E-state index in [2.05, 4.69) is 35.5 Å². The molecule has 0 unspecified atom stereocenters. The Hall–Kier alpha value is -4.92. The molecule has 0 fully saturated rings. The Labute approximate surface area is 216 Å². The first-order valence-electron chi connectivity index (χ1n) is 11.3. The van der Waals surface area contributed by atoms with Gasteiger partial charge in [0.05, 0.1) is 11.1 Å². The van der Waals surface area contributed by atoms with Crippen LogP contribution in [0.4, 0.5) is 39.5 Å². The van der Waals surface area contributed by atoms with E-state index in [-0.39, 0.29) is 17.4 Å². The fraction of sp³-hybridized carbons (Fsp3) is 0.167. The number of anilines is 3. The SMILES string of the molecule is CCNC(=O)c1cn2ncnc(N)c2c1-c1ccc(NC(=O)Nc2ccc3c(c2)C(F)(F)OC(F)(F)O3)cc1. The second-order valence-electron chi connectivity index (χ2n) is 8.27. The number of rotatable bonds is 5. The van der Waals surface area contributed by atoms with Crippen molar-refractivity contribution in [3.63, 3.8) is 0 Å².